The van der Waals surface area contributed by atoms with E-state index in [4.69, 9.17) is 23.2 Å². The Balaban J connectivity index is 1.92. The molecule has 1 aliphatic carbocycles. The largest absolute Gasteiger partial charge is 0.352 e. The van der Waals surface area contributed by atoms with Crippen molar-refractivity contribution in [3.8, 4) is 0 Å². The third kappa shape index (κ3) is 6.24. The first-order chi connectivity index (χ1) is 15.8. The summed E-state index contributed by atoms with van der Waals surface area (Å²) in [6.45, 7) is 1.85. The van der Waals surface area contributed by atoms with Gasteiger partial charge >= 0.3 is 0 Å². The summed E-state index contributed by atoms with van der Waals surface area (Å²) in [7, 11) is 0. The molecule has 7 nitrogen and oxygen atoms in total. The minimum Gasteiger partial charge on any atom is -0.352 e. The summed E-state index contributed by atoms with van der Waals surface area (Å²) < 4.78 is 0. The minimum atomic E-state index is -0.756. The maximum Gasteiger partial charge on any atom is 0.273 e. The Kier molecular flexibility index (Phi) is 8.69. The first kappa shape index (κ1) is 25.0. The number of rotatable bonds is 9. The van der Waals surface area contributed by atoms with Crippen LogP contribution in [0.4, 0.5) is 5.69 Å². The second-order valence-electron chi connectivity index (χ2n) is 8.20. The monoisotopic (exact) mass is 491 g/mol. The van der Waals surface area contributed by atoms with Crippen LogP contribution in [-0.2, 0) is 22.6 Å². The van der Waals surface area contributed by atoms with Gasteiger partial charge < -0.3 is 10.2 Å². The fraction of sp³-hybridized carbons (Fsp3) is 0.417. The molecule has 0 spiro atoms. The fourth-order valence-electron chi connectivity index (χ4n) is 4.24. The number of nitrogens with one attached hydrogen (secondary N) is 1. The SMILES string of the molecule is CC[C@@H](C(=O)NC1CCCC1)N(Cc1c(Cl)cccc1Cl)C(=O)Cc1ccccc1[N+](=O)[O-]. The number of para-hydroxylation sites is 1. The number of carbonyl (C=O) groups excluding carboxylic acids is 2. The summed E-state index contributed by atoms with van der Waals surface area (Å²) >= 11 is 12.7. The first-order valence-electron chi connectivity index (χ1n) is 11.1. The zero-order chi connectivity index (χ0) is 24.0. The number of nitro groups is 1. The third-order valence-electron chi connectivity index (χ3n) is 6.01. The highest BCUT2D eigenvalue weighted by molar-refractivity contribution is 6.36. The highest BCUT2D eigenvalue weighted by Crippen LogP contribution is 2.28. The Morgan fingerprint density at radius 1 is 1.12 bits per heavy atom. The van der Waals surface area contributed by atoms with E-state index in [1.165, 1.54) is 11.0 Å². The molecule has 1 N–H and O–H groups in total. The van der Waals surface area contributed by atoms with Gasteiger partial charge in [-0.1, -0.05) is 67.2 Å². The Bertz CT molecular complexity index is 1000. The normalized spacial score (nSPS) is 14.6. The molecule has 1 saturated carbocycles. The van der Waals surface area contributed by atoms with E-state index in [1.54, 1.807) is 36.4 Å². The van der Waals surface area contributed by atoms with Gasteiger partial charge in [0.15, 0.2) is 0 Å². The minimum absolute atomic E-state index is 0.0224. The van der Waals surface area contributed by atoms with Gasteiger partial charge in [-0.15, -0.1) is 0 Å². The lowest BCUT2D eigenvalue weighted by molar-refractivity contribution is -0.385. The summed E-state index contributed by atoms with van der Waals surface area (Å²) in [6.07, 6.45) is 4.13. The molecule has 0 heterocycles. The molecule has 0 saturated heterocycles. The maximum atomic E-state index is 13.5. The highest BCUT2D eigenvalue weighted by Gasteiger charge is 2.32. The van der Waals surface area contributed by atoms with E-state index in [0.29, 0.717) is 22.0 Å². The van der Waals surface area contributed by atoms with Crippen LogP contribution in [0.15, 0.2) is 42.5 Å². The fourth-order valence-corrected chi connectivity index (χ4v) is 4.76. The van der Waals surface area contributed by atoms with E-state index in [0.717, 1.165) is 25.7 Å². The first-order valence-corrected chi connectivity index (χ1v) is 11.8. The molecule has 176 valence electrons. The van der Waals surface area contributed by atoms with Gasteiger partial charge in [-0.3, -0.25) is 19.7 Å². The van der Waals surface area contributed by atoms with Crippen molar-refractivity contribution in [1.29, 1.82) is 0 Å². The van der Waals surface area contributed by atoms with Crippen LogP contribution in [0, 0.1) is 10.1 Å². The number of carbonyl (C=O) groups is 2. The third-order valence-corrected chi connectivity index (χ3v) is 6.72. The summed E-state index contributed by atoms with van der Waals surface area (Å²) in [6, 6.07) is 10.5. The predicted octanol–water partition coefficient (Wildman–Crippen LogP) is 5.31. The maximum absolute atomic E-state index is 13.5. The molecular formula is C24H27Cl2N3O4. The van der Waals surface area contributed by atoms with Crippen molar-refractivity contribution in [2.24, 2.45) is 0 Å². The number of hydrogen-bond acceptors (Lipinski definition) is 4. The van der Waals surface area contributed by atoms with Crippen molar-refractivity contribution in [2.75, 3.05) is 0 Å². The van der Waals surface area contributed by atoms with Crippen molar-refractivity contribution < 1.29 is 14.5 Å². The topological polar surface area (TPSA) is 92.6 Å². The molecule has 1 fully saturated rings. The van der Waals surface area contributed by atoms with Crippen LogP contribution in [0.3, 0.4) is 0 Å². The molecular weight excluding hydrogens is 465 g/mol. The van der Waals surface area contributed by atoms with Gasteiger partial charge in [0, 0.05) is 39.8 Å². The summed E-state index contributed by atoms with van der Waals surface area (Å²) in [5.41, 5.74) is 0.683. The van der Waals surface area contributed by atoms with Crippen LogP contribution < -0.4 is 5.32 Å². The van der Waals surface area contributed by atoms with Crippen molar-refractivity contribution >= 4 is 40.7 Å². The standard InChI is InChI=1S/C24H27Cl2N3O4/c1-2-21(24(31)27-17-9-4-5-10-17)28(15-18-19(25)11-7-12-20(18)26)23(30)14-16-8-3-6-13-22(16)29(32)33/h3,6-8,11-13,17,21H,2,4-5,9-10,14-15H2,1H3,(H,27,31)/t21-/m0/s1. The molecule has 0 unspecified atom stereocenters. The number of amides is 2. The molecule has 0 aliphatic heterocycles. The second kappa shape index (κ2) is 11.5. The number of benzene rings is 2. The number of halogens is 2. The van der Waals surface area contributed by atoms with E-state index in [-0.39, 0.29) is 36.2 Å². The van der Waals surface area contributed by atoms with Gasteiger partial charge in [0.2, 0.25) is 11.8 Å². The van der Waals surface area contributed by atoms with Gasteiger partial charge in [0.05, 0.1) is 11.3 Å². The zero-order valence-electron chi connectivity index (χ0n) is 18.4. The Morgan fingerprint density at radius 2 is 1.76 bits per heavy atom. The highest BCUT2D eigenvalue weighted by atomic mass is 35.5. The zero-order valence-corrected chi connectivity index (χ0v) is 19.9. The van der Waals surface area contributed by atoms with Gasteiger partial charge in [-0.05, 0) is 31.4 Å². The van der Waals surface area contributed by atoms with Gasteiger partial charge in [-0.25, -0.2) is 0 Å². The van der Waals surface area contributed by atoms with Crippen LogP contribution in [0.25, 0.3) is 0 Å². The van der Waals surface area contributed by atoms with E-state index in [1.807, 2.05) is 6.92 Å². The van der Waals surface area contributed by atoms with Crippen LogP contribution in [-0.4, -0.2) is 33.7 Å². The Labute approximate surface area is 203 Å². The lowest BCUT2D eigenvalue weighted by atomic mass is 10.0. The second-order valence-corrected chi connectivity index (χ2v) is 9.01. The average Bonchev–Trinajstić information content (AvgIpc) is 3.28. The van der Waals surface area contributed by atoms with Crippen molar-refractivity contribution in [1.82, 2.24) is 10.2 Å². The number of nitrogens with zero attached hydrogens (tertiary/aromatic N) is 2. The van der Waals surface area contributed by atoms with E-state index < -0.39 is 16.9 Å². The molecule has 2 aromatic rings. The van der Waals surface area contributed by atoms with Crippen molar-refractivity contribution in [2.45, 2.75) is 64.1 Å². The van der Waals surface area contributed by atoms with Gasteiger partial charge in [-0.2, -0.15) is 0 Å². The van der Waals surface area contributed by atoms with E-state index >= 15 is 0 Å². The molecule has 9 heteroatoms. The van der Waals surface area contributed by atoms with Crippen molar-refractivity contribution in [3.63, 3.8) is 0 Å². The molecule has 0 bridgehead atoms. The lowest BCUT2D eigenvalue weighted by Gasteiger charge is -2.32. The molecule has 33 heavy (non-hydrogen) atoms. The van der Waals surface area contributed by atoms with E-state index in [9.17, 15) is 19.7 Å². The Hall–Kier alpha value is -2.64. The van der Waals surface area contributed by atoms with E-state index in [2.05, 4.69) is 5.32 Å². The van der Waals surface area contributed by atoms with Crippen LogP contribution in [0.2, 0.25) is 10.0 Å². The summed E-state index contributed by atoms with van der Waals surface area (Å²) in [5.74, 6) is -0.641. The van der Waals surface area contributed by atoms with Crippen LogP contribution in [0.1, 0.15) is 50.2 Å². The summed E-state index contributed by atoms with van der Waals surface area (Å²) in [4.78, 5) is 39.0. The Morgan fingerprint density at radius 3 is 2.36 bits per heavy atom. The predicted molar refractivity (Wildman–Crippen MR) is 128 cm³/mol. The molecule has 3 rings (SSSR count). The van der Waals surface area contributed by atoms with Crippen LogP contribution in [0.5, 0.6) is 0 Å². The smallest absolute Gasteiger partial charge is 0.273 e. The molecule has 2 amide bonds. The number of nitro benzene ring substituents is 1. The number of hydrogen-bond donors (Lipinski definition) is 1. The van der Waals surface area contributed by atoms with Crippen LogP contribution >= 0.6 is 23.2 Å². The molecule has 1 atom stereocenters. The summed E-state index contributed by atoms with van der Waals surface area (Å²) in [5, 5.41) is 15.3. The average molecular weight is 492 g/mol. The molecule has 0 radical (unpaired) electrons. The van der Waals surface area contributed by atoms with Gasteiger partial charge in [0.25, 0.3) is 5.69 Å². The molecule has 1 aliphatic rings. The lowest BCUT2D eigenvalue weighted by Crippen LogP contribution is -2.51. The van der Waals surface area contributed by atoms with Crippen molar-refractivity contribution in [3.05, 3.63) is 73.8 Å². The molecule has 0 aromatic heterocycles. The quantitative estimate of drug-likeness (QED) is 0.379. The molecule has 2 aromatic carbocycles. The van der Waals surface area contributed by atoms with Gasteiger partial charge in [0.1, 0.15) is 6.04 Å².